The maximum absolute atomic E-state index is 9.87. The summed E-state index contributed by atoms with van der Waals surface area (Å²) in [7, 11) is 0. The van der Waals surface area contributed by atoms with Crippen LogP contribution in [0.4, 0.5) is 0 Å². The van der Waals surface area contributed by atoms with Crippen LogP contribution in [0.2, 0.25) is 0 Å². The summed E-state index contributed by atoms with van der Waals surface area (Å²) in [6.45, 7) is 0. The lowest BCUT2D eigenvalue weighted by Crippen LogP contribution is -2.16. The van der Waals surface area contributed by atoms with E-state index in [9.17, 15) is 4.79 Å². The molecule has 0 unspecified atom stereocenters. The molecule has 1 aliphatic rings. The Morgan fingerprint density at radius 2 is 2.83 bits per heavy atom. The monoisotopic (exact) mass is 82.0 g/mol. The smallest absolute Gasteiger partial charge is 0.281 e. The van der Waals surface area contributed by atoms with Gasteiger partial charge in [0.25, 0.3) is 5.91 Å². The third kappa shape index (κ3) is 0.337. The van der Waals surface area contributed by atoms with Crippen molar-refractivity contribution in [1.29, 1.82) is 0 Å². The van der Waals surface area contributed by atoms with Crippen LogP contribution in [0.5, 0.6) is 0 Å². The highest BCUT2D eigenvalue weighted by atomic mass is 16.2. The minimum atomic E-state index is -0.338. The summed E-state index contributed by atoms with van der Waals surface area (Å²) >= 11 is 0. The maximum atomic E-state index is 9.87. The molecule has 2 radical (unpaired) electrons. The molecule has 1 aliphatic heterocycles. The zero-order valence-electron chi connectivity index (χ0n) is 2.93. The topological polar surface area (TPSA) is 43.2 Å². The van der Waals surface area contributed by atoms with Gasteiger partial charge in [-0.2, -0.15) is 0 Å². The van der Waals surface area contributed by atoms with Gasteiger partial charge in [-0.1, -0.05) is 0 Å². The number of nitrogens with zero attached hydrogens (tertiary/aromatic N) is 1. The summed E-state index contributed by atoms with van der Waals surface area (Å²) in [6.07, 6.45) is 3.64. The molecule has 30 valence electrons. The summed E-state index contributed by atoms with van der Waals surface area (Å²) in [5.41, 5.74) is 5.49. The summed E-state index contributed by atoms with van der Waals surface area (Å²) < 4.78 is 0. The van der Waals surface area contributed by atoms with Gasteiger partial charge in [0.1, 0.15) is 0 Å². The molecule has 0 fully saturated rings. The minimum absolute atomic E-state index is 0.338. The molecule has 3 heteroatoms. The fourth-order valence-corrected chi connectivity index (χ4v) is 0.217. The van der Waals surface area contributed by atoms with Gasteiger partial charge >= 0.3 is 0 Å². The quantitative estimate of drug-likeness (QED) is 0.405. The van der Waals surface area contributed by atoms with Gasteiger partial charge in [0.2, 0.25) is 0 Å². The average molecular weight is 82.1 g/mol. The van der Waals surface area contributed by atoms with E-state index < -0.39 is 0 Å². The number of hydrogen-bond donors (Lipinski definition) is 1. The molecule has 1 heterocycles. The second kappa shape index (κ2) is 1.01. The van der Waals surface area contributed by atoms with Gasteiger partial charge in [-0.25, -0.2) is 0 Å². The number of rotatable bonds is 0. The highest BCUT2D eigenvalue weighted by Gasteiger charge is 1.99. The molecule has 1 rings (SSSR count). The van der Waals surface area contributed by atoms with E-state index in [0.717, 1.165) is 0 Å². The molecule has 6 heavy (non-hydrogen) atoms. The third-order valence-electron chi connectivity index (χ3n) is 0.426. The number of hydrogen-bond acceptors (Lipinski definition) is 2. The molecule has 0 aromatic heterocycles. The van der Waals surface area contributed by atoms with E-state index in [1.807, 2.05) is 0 Å². The normalized spacial score (nSPS) is 17.0. The molecule has 0 spiro atoms. The molecular weight excluding hydrogens is 80.0 g/mol. The summed E-state index contributed by atoms with van der Waals surface area (Å²) in [4.78, 5) is 9.87. The van der Waals surface area contributed by atoms with Crippen LogP contribution in [0, 0.1) is 6.08 Å². The zero-order chi connectivity index (χ0) is 4.41. The Kier molecular flexibility index (Phi) is 0.538. The van der Waals surface area contributed by atoms with Gasteiger partial charge in [0.15, 0.2) is 0 Å². The summed E-state index contributed by atoms with van der Waals surface area (Å²) in [5, 5.41) is 0. The van der Waals surface area contributed by atoms with E-state index in [-0.39, 0.29) is 5.91 Å². The van der Waals surface area contributed by atoms with Crippen molar-refractivity contribution in [2.45, 2.75) is 0 Å². The first-order valence-corrected chi connectivity index (χ1v) is 1.48. The number of carbonyl (C=O) groups is 1. The van der Waals surface area contributed by atoms with Crippen LogP contribution in [-0.4, -0.2) is 5.91 Å². The van der Waals surface area contributed by atoms with Gasteiger partial charge in [-0.15, -0.1) is 5.43 Å². The van der Waals surface area contributed by atoms with E-state index in [1.165, 1.54) is 6.20 Å². The molecule has 0 aromatic carbocycles. The lowest BCUT2D eigenvalue weighted by atomic mass is 10.6. The van der Waals surface area contributed by atoms with Crippen LogP contribution in [-0.2, 0) is 4.79 Å². The Labute approximate surface area is 35.0 Å². The molecule has 0 aliphatic carbocycles. The van der Waals surface area contributed by atoms with Crippen molar-refractivity contribution in [2.24, 2.45) is 0 Å². The molecule has 0 saturated heterocycles. The van der Waals surface area contributed by atoms with Gasteiger partial charge in [0, 0.05) is 6.20 Å². The molecule has 0 aromatic rings. The standard InChI is InChI=1S/C3H2N2O/c6-3-1-2-4-5-3/h2,4H. The summed E-state index contributed by atoms with van der Waals surface area (Å²) in [6, 6.07) is 0. The zero-order valence-corrected chi connectivity index (χ0v) is 2.93. The van der Waals surface area contributed by atoms with E-state index in [4.69, 9.17) is 0 Å². The van der Waals surface area contributed by atoms with Crippen molar-refractivity contribution in [3.63, 3.8) is 0 Å². The van der Waals surface area contributed by atoms with Crippen LogP contribution in [0.15, 0.2) is 6.20 Å². The van der Waals surface area contributed by atoms with Crippen molar-refractivity contribution in [3.8, 4) is 0 Å². The first-order chi connectivity index (χ1) is 2.89. The Morgan fingerprint density at radius 1 is 2.00 bits per heavy atom. The van der Waals surface area contributed by atoms with Crippen molar-refractivity contribution in [2.75, 3.05) is 0 Å². The SMILES string of the molecule is O=C1[C]=CN[N]1. The second-order valence-electron chi connectivity index (χ2n) is 0.835. The van der Waals surface area contributed by atoms with Crippen molar-refractivity contribution in [3.05, 3.63) is 12.3 Å². The predicted molar refractivity (Wildman–Crippen MR) is 18.1 cm³/mol. The lowest BCUT2D eigenvalue weighted by molar-refractivity contribution is -0.117. The number of nitrogens with one attached hydrogen (secondary N) is 1. The Morgan fingerprint density at radius 3 is 3.00 bits per heavy atom. The van der Waals surface area contributed by atoms with Crippen LogP contribution >= 0.6 is 0 Å². The number of carbonyl (C=O) groups excluding carboxylic acids is 1. The van der Waals surface area contributed by atoms with Gasteiger partial charge < -0.3 is 0 Å². The highest BCUT2D eigenvalue weighted by Crippen LogP contribution is 1.73. The van der Waals surface area contributed by atoms with Crippen LogP contribution in [0.3, 0.4) is 0 Å². The third-order valence-corrected chi connectivity index (χ3v) is 0.426. The minimum Gasteiger partial charge on any atom is -0.281 e. The Hall–Kier alpha value is -0.990. The molecule has 0 saturated carbocycles. The molecule has 1 amide bonds. The molecule has 1 N–H and O–H groups in total. The average Bonchev–Trinajstić information content (AvgIpc) is 1.86. The second-order valence-corrected chi connectivity index (χ2v) is 0.835. The lowest BCUT2D eigenvalue weighted by Gasteiger charge is -1.78. The molecule has 0 bridgehead atoms. The van der Waals surface area contributed by atoms with Crippen LogP contribution in [0.25, 0.3) is 0 Å². The fraction of sp³-hybridized carbons (Fsp3) is 0. The molecule has 0 atom stereocenters. The van der Waals surface area contributed by atoms with Crippen LogP contribution < -0.4 is 10.9 Å². The van der Waals surface area contributed by atoms with E-state index in [0.29, 0.717) is 0 Å². The Balaban J connectivity index is 2.59. The van der Waals surface area contributed by atoms with E-state index in [1.54, 1.807) is 0 Å². The number of amides is 1. The van der Waals surface area contributed by atoms with Crippen molar-refractivity contribution < 1.29 is 4.79 Å². The summed E-state index contributed by atoms with van der Waals surface area (Å²) in [5.74, 6) is -0.338. The first-order valence-electron chi connectivity index (χ1n) is 1.48. The van der Waals surface area contributed by atoms with Crippen molar-refractivity contribution >= 4 is 5.91 Å². The largest absolute Gasteiger partial charge is 0.295 e. The fourth-order valence-electron chi connectivity index (χ4n) is 0.217. The van der Waals surface area contributed by atoms with Gasteiger partial charge in [-0.05, 0) is 0 Å². The van der Waals surface area contributed by atoms with E-state index in [2.05, 4.69) is 16.9 Å². The predicted octanol–water partition coefficient (Wildman–Crippen LogP) is -1.05. The van der Waals surface area contributed by atoms with Gasteiger partial charge in [0.05, 0.1) is 6.08 Å². The van der Waals surface area contributed by atoms with Crippen LogP contribution in [0.1, 0.15) is 0 Å². The highest BCUT2D eigenvalue weighted by molar-refractivity contribution is 5.84. The van der Waals surface area contributed by atoms with Crippen molar-refractivity contribution in [1.82, 2.24) is 10.9 Å². The molecule has 3 nitrogen and oxygen atoms in total. The Bertz CT molecular complexity index is 97.0. The molecular formula is C3H2N2O. The van der Waals surface area contributed by atoms with E-state index >= 15 is 0 Å². The first kappa shape index (κ1) is 3.21. The van der Waals surface area contributed by atoms with Gasteiger partial charge in [-0.3, -0.25) is 10.2 Å². The maximum Gasteiger partial charge on any atom is 0.295 e.